The van der Waals surface area contributed by atoms with Crippen molar-refractivity contribution < 1.29 is 17.7 Å². The Morgan fingerprint density at radius 1 is 0.778 bits per heavy atom. The summed E-state index contributed by atoms with van der Waals surface area (Å²) in [5.41, 5.74) is 0.0207. The van der Waals surface area contributed by atoms with E-state index in [1.165, 1.54) is 12.1 Å². The molecule has 0 aromatic heterocycles. The van der Waals surface area contributed by atoms with Gasteiger partial charge < -0.3 is 12.9 Å². The molecule has 0 aliphatic heterocycles. The molecular formula is C13H9BF3O-. The zero-order valence-electron chi connectivity index (χ0n) is 9.32. The molecule has 2 aromatic rings. The molecule has 0 aliphatic carbocycles. The average molecular weight is 249 g/mol. The number of hydrogen-bond donors (Lipinski definition) is 0. The van der Waals surface area contributed by atoms with Crippen molar-refractivity contribution in [3.63, 3.8) is 0 Å². The van der Waals surface area contributed by atoms with Gasteiger partial charge in [-0.05, 0) is 0 Å². The Labute approximate surface area is 102 Å². The number of hydrogen-bond acceptors (Lipinski definition) is 1. The molecular weight excluding hydrogens is 240 g/mol. The van der Waals surface area contributed by atoms with Gasteiger partial charge in [-0.25, -0.2) is 0 Å². The number of carbonyl (C=O) groups is 1. The summed E-state index contributed by atoms with van der Waals surface area (Å²) in [5.74, 6) is -0.281. The summed E-state index contributed by atoms with van der Waals surface area (Å²) in [6.07, 6.45) is 0. The van der Waals surface area contributed by atoms with Crippen LogP contribution in [0.25, 0.3) is 0 Å². The molecule has 0 spiro atoms. The third-order valence-electron chi connectivity index (χ3n) is 2.59. The Kier molecular flexibility index (Phi) is 3.23. The molecule has 1 nitrogen and oxygen atoms in total. The second kappa shape index (κ2) is 4.68. The first kappa shape index (κ1) is 12.4. The van der Waals surface area contributed by atoms with Crippen LogP contribution in [0.2, 0.25) is 0 Å². The minimum absolute atomic E-state index is 0.255. The molecule has 0 saturated carbocycles. The summed E-state index contributed by atoms with van der Waals surface area (Å²) < 4.78 is 37.3. The zero-order valence-corrected chi connectivity index (χ0v) is 9.32. The van der Waals surface area contributed by atoms with Crippen molar-refractivity contribution in [1.29, 1.82) is 0 Å². The Hall–Kier alpha value is -2.04. The summed E-state index contributed by atoms with van der Waals surface area (Å²) >= 11 is 0. The predicted octanol–water partition coefficient (Wildman–Crippen LogP) is 2.97. The van der Waals surface area contributed by atoms with Crippen LogP contribution in [-0.4, -0.2) is 12.8 Å². The van der Waals surface area contributed by atoms with E-state index in [-0.39, 0.29) is 11.3 Å². The van der Waals surface area contributed by atoms with E-state index in [4.69, 9.17) is 0 Å². The molecule has 0 unspecified atom stereocenters. The summed E-state index contributed by atoms with van der Waals surface area (Å²) in [4.78, 5) is 11.9. The number of benzene rings is 2. The van der Waals surface area contributed by atoms with Crippen LogP contribution in [0.4, 0.5) is 12.9 Å². The van der Waals surface area contributed by atoms with Crippen LogP contribution in [0, 0.1) is 0 Å². The van der Waals surface area contributed by atoms with Gasteiger partial charge in [-0.15, -0.1) is 5.46 Å². The van der Waals surface area contributed by atoms with Crippen LogP contribution >= 0.6 is 0 Å². The number of halogens is 3. The van der Waals surface area contributed by atoms with Crippen molar-refractivity contribution in [2.45, 2.75) is 0 Å². The molecule has 0 aliphatic rings. The van der Waals surface area contributed by atoms with Gasteiger partial charge in [-0.3, -0.25) is 4.79 Å². The minimum Gasteiger partial charge on any atom is -0.445 e. The maximum Gasteiger partial charge on any atom is 0.509 e. The second-order valence-corrected chi connectivity index (χ2v) is 3.89. The van der Waals surface area contributed by atoms with E-state index in [2.05, 4.69) is 0 Å². The lowest BCUT2D eigenvalue weighted by atomic mass is 9.79. The van der Waals surface area contributed by atoms with E-state index >= 15 is 0 Å². The average Bonchev–Trinajstić information content (AvgIpc) is 2.38. The van der Waals surface area contributed by atoms with Crippen LogP contribution in [-0.2, 0) is 0 Å². The number of rotatable bonds is 3. The standard InChI is InChI=1S/C13H9BF3O/c15-14(16,17)12-8-6-11(7-9-12)13(18)10-4-2-1-3-5-10/h1-9H/q-1. The van der Waals surface area contributed by atoms with Crippen LogP contribution in [0.1, 0.15) is 15.9 Å². The molecule has 18 heavy (non-hydrogen) atoms. The van der Waals surface area contributed by atoms with Gasteiger partial charge in [-0.1, -0.05) is 54.6 Å². The SMILES string of the molecule is O=C(c1ccccc1)c1ccc([B-](F)(F)F)cc1. The van der Waals surface area contributed by atoms with Crippen molar-refractivity contribution >= 4 is 18.2 Å². The van der Waals surface area contributed by atoms with Gasteiger partial charge in [0.2, 0.25) is 0 Å². The molecule has 0 saturated heterocycles. The van der Waals surface area contributed by atoms with Crippen LogP contribution in [0.15, 0.2) is 54.6 Å². The first-order valence-electron chi connectivity index (χ1n) is 5.38. The van der Waals surface area contributed by atoms with E-state index in [0.29, 0.717) is 5.56 Å². The molecule has 0 fully saturated rings. The van der Waals surface area contributed by atoms with E-state index in [0.717, 1.165) is 12.1 Å². The zero-order chi connectivity index (χ0) is 13.2. The molecule has 5 heteroatoms. The van der Waals surface area contributed by atoms with E-state index < -0.39 is 12.4 Å². The van der Waals surface area contributed by atoms with Crippen LogP contribution in [0.5, 0.6) is 0 Å². The van der Waals surface area contributed by atoms with Crippen molar-refractivity contribution in [2.75, 3.05) is 0 Å². The lowest BCUT2D eigenvalue weighted by Gasteiger charge is -2.14. The highest BCUT2D eigenvalue weighted by molar-refractivity contribution is 6.73. The highest BCUT2D eigenvalue weighted by atomic mass is 19.4. The Balaban J connectivity index is 2.28. The molecule has 0 bridgehead atoms. The molecule has 0 amide bonds. The van der Waals surface area contributed by atoms with Crippen molar-refractivity contribution in [1.82, 2.24) is 0 Å². The fraction of sp³-hybridized carbons (Fsp3) is 0. The summed E-state index contributed by atoms with van der Waals surface area (Å²) in [6.45, 7) is -5.01. The molecule has 0 radical (unpaired) electrons. The number of carbonyl (C=O) groups excluding carboxylic acids is 1. The smallest absolute Gasteiger partial charge is 0.445 e. The molecule has 92 valence electrons. The second-order valence-electron chi connectivity index (χ2n) is 3.89. The molecule has 0 N–H and O–H groups in total. The van der Waals surface area contributed by atoms with Gasteiger partial charge in [0.1, 0.15) is 0 Å². The van der Waals surface area contributed by atoms with Gasteiger partial charge in [0.15, 0.2) is 5.78 Å². The highest BCUT2D eigenvalue weighted by Crippen LogP contribution is 2.12. The maximum absolute atomic E-state index is 12.4. The lowest BCUT2D eigenvalue weighted by molar-refractivity contribution is 0.103. The highest BCUT2D eigenvalue weighted by Gasteiger charge is 2.25. The Bertz CT molecular complexity index is 547. The maximum atomic E-state index is 12.4. The van der Waals surface area contributed by atoms with Gasteiger partial charge in [0, 0.05) is 11.1 Å². The van der Waals surface area contributed by atoms with Crippen LogP contribution < -0.4 is 5.46 Å². The number of ketones is 1. The van der Waals surface area contributed by atoms with Gasteiger partial charge in [-0.2, -0.15) is 0 Å². The third kappa shape index (κ3) is 2.61. The fourth-order valence-corrected chi connectivity index (χ4v) is 1.61. The van der Waals surface area contributed by atoms with Crippen molar-refractivity contribution in [3.8, 4) is 0 Å². The van der Waals surface area contributed by atoms with Crippen molar-refractivity contribution in [3.05, 3.63) is 65.7 Å². The van der Waals surface area contributed by atoms with Crippen molar-refractivity contribution in [2.24, 2.45) is 0 Å². The molecule has 2 rings (SSSR count). The fourth-order valence-electron chi connectivity index (χ4n) is 1.61. The topological polar surface area (TPSA) is 17.1 Å². The lowest BCUT2D eigenvalue weighted by Crippen LogP contribution is -2.33. The quantitative estimate of drug-likeness (QED) is 0.603. The Morgan fingerprint density at radius 2 is 1.28 bits per heavy atom. The first-order chi connectivity index (χ1) is 8.48. The van der Waals surface area contributed by atoms with E-state index in [1.807, 2.05) is 0 Å². The predicted molar refractivity (Wildman–Crippen MR) is 65.0 cm³/mol. The minimum atomic E-state index is -5.01. The van der Waals surface area contributed by atoms with Gasteiger partial charge in [0.05, 0.1) is 0 Å². The van der Waals surface area contributed by atoms with Gasteiger partial charge >= 0.3 is 6.98 Å². The largest absolute Gasteiger partial charge is 0.509 e. The molecule has 0 heterocycles. The Morgan fingerprint density at radius 3 is 1.78 bits per heavy atom. The summed E-state index contributed by atoms with van der Waals surface area (Å²) in [5, 5.41) is 0. The monoisotopic (exact) mass is 249 g/mol. The van der Waals surface area contributed by atoms with E-state index in [9.17, 15) is 17.7 Å². The van der Waals surface area contributed by atoms with Crippen LogP contribution in [0.3, 0.4) is 0 Å². The third-order valence-corrected chi connectivity index (χ3v) is 2.59. The van der Waals surface area contributed by atoms with Gasteiger partial charge in [0.25, 0.3) is 0 Å². The van der Waals surface area contributed by atoms with E-state index in [1.54, 1.807) is 30.3 Å². The summed E-state index contributed by atoms with van der Waals surface area (Å²) in [7, 11) is 0. The molecule has 2 aromatic carbocycles. The first-order valence-corrected chi connectivity index (χ1v) is 5.38. The summed E-state index contributed by atoms with van der Waals surface area (Å²) in [6, 6.07) is 12.7. The normalized spacial score (nSPS) is 11.3. The molecule has 0 atom stereocenters.